The largest absolute Gasteiger partial charge is 0.480 e. The summed E-state index contributed by atoms with van der Waals surface area (Å²) in [5.74, 6) is -0.971. The molecule has 19 heavy (non-hydrogen) atoms. The van der Waals surface area contributed by atoms with Crippen LogP contribution < -0.4 is 5.32 Å². The number of amides is 2. The number of rotatable bonds is 7. The van der Waals surface area contributed by atoms with E-state index in [4.69, 9.17) is 9.84 Å². The van der Waals surface area contributed by atoms with Crippen molar-refractivity contribution < 1.29 is 19.4 Å². The lowest BCUT2D eigenvalue weighted by Crippen LogP contribution is -2.51. The second-order valence-corrected chi connectivity index (χ2v) is 4.97. The van der Waals surface area contributed by atoms with Crippen LogP contribution in [0.15, 0.2) is 0 Å². The van der Waals surface area contributed by atoms with Crippen LogP contribution in [0.4, 0.5) is 4.79 Å². The van der Waals surface area contributed by atoms with E-state index in [-0.39, 0.29) is 24.7 Å². The minimum atomic E-state index is -0.971. The number of hydrogen-bond acceptors (Lipinski definition) is 3. The topological polar surface area (TPSA) is 78.9 Å². The number of carboxylic acid groups (broad SMARTS) is 1. The van der Waals surface area contributed by atoms with Crippen molar-refractivity contribution in [2.24, 2.45) is 0 Å². The van der Waals surface area contributed by atoms with Crippen LogP contribution in [0.3, 0.4) is 0 Å². The van der Waals surface area contributed by atoms with Gasteiger partial charge in [0.05, 0.1) is 12.6 Å². The normalized spacial score (nSPS) is 17.2. The van der Waals surface area contributed by atoms with Crippen molar-refractivity contribution in [2.75, 3.05) is 20.3 Å². The van der Waals surface area contributed by atoms with E-state index >= 15 is 0 Å². The first-order chi connectivity index (χ1) is 9.08. The van der Waals surface area contributed by atoms with Gasteiger partial charge in [0, 0.05) is 13.2 Å². The van der Waals surface area contributed by atoms with E-state index < -0.39 is 5.97 Å². The highest BCUT2D eigenvalue weighted by Crippen LogP contribution is 2.23. The molecule has 0 aromatic rings. The first-order valence-electron chi connectivity index (χ1n) is 6.86. The lowest BCUT2D eigenvalue weighted by molar-refractivity contribution is -0.138. The Kier molecular flexibility index (Phi) is 6.62. The predicted octanol–water partition coefficient (Wildman–Crippen LogP) is 1.45. The Bertz CT molecular complexity index is 303. The summed E-state index contributed by atoms with van der Waals surface area (Å²) in [5.41, 5.74) is 0. The molecular weight excluding hydrogens is 248 g/mol. The highest BCUT2D eigenvalue weighted by molar-refractivity contribution is 5.80. The summed E-state index contributed by atoms with van der Waals surface area (Å²) in [5, 5.41) is 11.8. The second-order valence-electron chi connectivity index (χ2n) is 4.97. The molecule has 6 heteroatoms. The molecule has 2 amide bonds. The fourth-order valence-electron chi connectivity index (χ4n) is 2.45. The molecule has 0 radical (unpaired) electrons. The molecule has 1 saturated carbocycles. The van der Waals surface area contributed by atoms with Crippen LogP contribution in [-0.2, 0) is 9.53 Å². The molecule has 2 N–H and O–H groups in total. The van der Waals surface area contributed by atoms with E-state index in [1.165, 1.54) is 4.90 Å². The average molecular weight is 272 g/mol. The quantitative estimate of drug-likeness (QED) is 0.735. The van der Waals surface area contributed by atoms with Crippen LogP contribution in [0.2, 0.25) is 0 Å². The van der Waals surface area contributed by atoms with Crippen LogP contribution >= 0.6 is 0 Å². The molecule has 0 aromatic heterocycles. The predicted molar refractivity (Wildman–Crippen MR) is 71.1 cm³/mol. The summed E-state index contributed by atoms with van der Waals surface area (Å²) in [6, 6.07) is -0.315. The Morgan fingerprint density at radius 1 is 1.42 bits per heavy atom. The number of carboxylic acids is 1. The third-order valence-electron chi connectivity index (χ3n) is 3.52. The van der Waals surface area contributed by atoms with Gasteiger partial charge in [-0.1, -0.05) is 19.8 Å². The second kappa shape index (κ2) is 7.99. The zero-order chi connectivity index (χ0) is 14.3. The van der Waals surface area contributed by atoms with Gasteiger partial charge < -0.3 is 20.1 Å². The lowest BCUT2D eigenvalue weighted by atomic mass is 10.2. The van der Waals surface area contributed by atoms with Gasteiger partial charge in [0.1, 0.15) is 6.54 Å². The molecular formula is C13H24N2O4. The molecule has 0 spiro atoms. The molecule has 1 atom stereocenters. The lowest BCUT2D eigenvalue weighted by Gasteiger charge is -2.29. The van der Waals surface area contributed by atoms with E-state index in [0.29, 0.717) is 6.61 Å². The molecule has 1 aliphatic rings. The third-order valence-corrected chi connectivity index (χ3v) is 3.52. The maximum absolute atomic E-state index is 12.2. The summed E-state index contributed by atoms with van der Waals surface area (Å²) >= 11 is 0. The zero-order valence-corrected chi connectivity index (χ0v) is 11.7. The summed E-state index contributed by atoms with van der Waals surface area (Å²) in [4.78, 5) is 24.6. The number of urea groups is 1. The van der Waals surface area contributed by atoms with Crippen molar-refractivity contribution in [2.45, 2.75) is 51.1 Å². The maximum Gasteiger partial charge on any atom is 0.323 e. The van der Waals surface area contributed by atoms with Crippen LogP contribution in [-0.4, -0.2) is 54.4 Å². The van der Waals surface area contributed by atoms with E-state index in [1.807, 2.05) is 6.92 Å². The number of carbonyl (C=O) groups excluding carboxylic acids is 1. The number of ether oxygens (including phenoxy) is 1. The van der Waals surface area contributed by atoms with Crippen molar-refractivity contribution in [1.29, 1.82) is 0 Å². The Labute approximate surface area is 114 Å². The molecule has 1 aliphatic carbocycles. The molecule has 0 bridgehead atoms. The van der Waals surface area contributed by atoms with Crippen molar-refractivity contribution in [3.63, 3.8) is 0 Å². The van der Waals surface area contributed by atoms with Gasteiger partial charge in [0.2, 0.25) is 0 Å². The van der Waals surface area contributed by atoms with Crippen molar-refractivity contribution in [3.8, 4) is 0 Å². The fraction of sp³-hybridized carbons (Fsp3) is 0.846. The van der Waals surface area contributed by atoms with Gasteiger partial charge in [-0.25, -0.2) is 4.79 Å². The Balaban J connectivity index is 2.61. The molecule has 0 aromatic carbocycles. The fourth-order valence-corrected chi connectivity index (χ4v) is 2.45. The zero-order valence-electron chi connectivity index (χ0n) is 11.7. The SMILES string of the molecule is CCC(COC)NC(=O)N(CC(=O)O)C1CCCC1. The van der Waals surface area contributed by atoms with Crippen molar-refractivity contribution in [3.05, 3.63) is 0 Å². The molecule has 1 unspecified atom stereocenters. The van der Waals surface area contributed by atoms with E-state index in [0.717, 1.165) is 32.1 Å². The molecule has 1 rings (SSSR count). The summed E-state index contributed by atoms with van der Waals surface area (Å²) in [6.45, 7) is 2.16. The highest BCUT2D eigenvalue weighted by atomic mass is 16.5. The van der Waals surface area contributed by atoms with Gasteiger partial charge in [0.15, 0.2) is 0 Å². The van der Waals surface area contributed by atoms with E-state index in [2.05, 4.69) is 5.32 Å². The molecule has 0 aliphatic heterocycles. The van der Waals surface area contributed by atoms with Crippen LogP contribution in [0.25, 0.3) is 0 Å². The molecule has 6 nitrogen and oxygen atoms in total. The minimum Gasteiger partial charge on any atom is -0.480 e. The van der Waals surface area contributed by atoms with Crippen LogP contribution in [0, 0.1) is 0 Å². The number of aliphatic carboxylic acids is 1. The number of nitrogens with zero attached hydrogens (tertiary/aromatic N) is 1. The summed E-state index contributed by atoms with van der Waals surface area (Å²) in [6.07, 6.45) is 4.65. The van der Waals surface area contributed by atoms with Gasteiger partial charge in [-0.15, -0.1) is 0 Å². The van der Waals surface area contributed by atoms with Crippen molar-refractivity contribution in [1.82, 2.24) is 10.2 Å². The maximum atomic E-state index is 12.2. The first kappa shape index (κ1) is 15.8. The van der Waals surface area contributed by atoms with Crippen molar-refractivity contribution >= 4 is 12.0 Å². The number of hydrogen-bond donors (Lipinski definition) is 2. The standard InChI is InChI=1S/C13H24N2O4/c1-3-10(9-19-2)14-13(18)15(8-12(16)17)11-6-4-5-7-11/h10-11H,3-9H2,1-2H3,(H,14,18)(H,16,17). The third kappa shape index (κ3) is 5.06. The Morgan fingerprint density at radius 2 is 2.05 bits per heavy atom. The smallest absolute Gasteiger partial charge is 0.323 e. The van der Waals surface area contributed by atoms with E-state index in [1.54, 1.807) is 7.11 Å². The van der Waals surface area contributed by atoms with Gasteiger partial charge in [-0.2, -0.15) is 0 Å². The Hall–Kier alpha value is -1.30. The highest BCUT2D eigenvalue weighted by Gasteiger charge is 2.29. The molecule has 110 valence electrons. The molecule has 0 saturated heterocycles. The van der Waals surface area contributed by atoms with Gasteiger partial charge >= 0.3 is 12.0 Å². The van der Waals surface area contributed by atoms with Crippen LogP contribution in [0.5, 0.6) is 0 Å². The summed E-state index contributed by atoms with van der Waals surface area (Å²) in [7, 11) is 1.58. The number of methoxy groups -OCH3 is 1. The number of carbonyl (C=O) groups is 2. The first-order valence-corrected chi connectivity index (χ1v) is 6.86. The van der Waals surface area contributed by atoms with E-state index in [9.17, 15) is 9.59 Å². The minimum absolute atomic E-state index is 0.0520. The van der Waals surface area contributed by atoms with Gasteiger partial charge in [-0.05, 0) is 19.3 Å². The number of nitrogens with one attached hydrogen (secondary N) is 1. The molecule has 0 heterocycles. The average Bonchev–Trinajstić information content (AvgIpc) is 2.88. The van der Waals surface area contributed by atoms with Gasteiger partial charge in [0.25, 0.3) is 0 Å². The molecule has 1 fully saturated rings. The summed E-state index contributed by atoms with van der Waals surface area (Å²) < 4.78 is 5.03. The Morgan fingerprint density at radius 3 is 2.53 bits per heavy atom. The van der Waals surface area contributed by atoms with Crippen LogP contribution in [0.1, 0.15) is 39.0 Å². The monoisotopic (exact) mass is 272 g/mol. The van der Waals surface area contributed by atoms with Gasteiger partial charge in [-0.3, -0.25) is 4.79 Å².